The Hall–Kier alpha value is -1.76. The highest BCUT2D eigenvalue weighted by molar-refractivity contribution is 7.89. The minimum atomic E-state index is -3.66. The first-order chi connectivity index (χ1) is 11.0. The van der Waals surface area contributed by atoms with E-state index in [9.17, 15) is 12.8 Å². The predicted octanol–water partition coefficient (Wildman–Crippen LogP) is 2.90. The van der Waals surface area contributed by atoms with Gasteiger partial charge in [0.2, 0.25) is 10.0 Å². The van der Waals surface area contributed by atoms with Gasteiger partial charge < -0.3 is 4.74 Å². The molecule has 3 rings (SSSR count). The number of aryl methyl sites for hydroxylation is 1. The Bertz CT molecular complexity index is 793. The van der Waals surface area contributed by atoms with Crippen LogP contribution in [0.2, 0.25) is 0 Å². The number of ether oxygens (including phenoxy) is 1. The zero-order valence-corrected chi connectivity index (χ0v) is 13.6. The molecule has 0 amide bonds. The van der Waals surface area contributed by atoms with Crippen molar-refractivity contribution in [2.75, 3.05) is 19.7 Å². The molecule has 1 unspecified atom stereocenters. The van der Waals surface area contributed by atoms with Crippen LogP contribution in [-0.2, 0) is 14.8 Å². The van der Waals surface area contributed by atoms with Gasteiger partial charge in [0.05, 0.1) is 17.6 Å². The van der Waals surface area contributed by atoms with Crippen LogP contribution in [0.4, 0.5) is 4.39 Å². The molecule has 2 aromatic rings. The second kappa shape index (κ2) is 6.39. The molecule has 23 heavy (non-hydrogen) atoms. The van der Waals surface area contributed by atoms with Gasteiger partial charge in [0.25, 0.3) is 0 Å². The fourth-order valence-electron chi connectivity index (χ4n) is 2.64. The number of nitrogens with zero attached hydrogens (tertiary/aromatic N) is 1. The van der Waals surface area contributed by atoms with E-state index in [2.05, 4.69) is 0 Å². The van der Waals surface area contributed by atoms with E-state index in [-0.39, 0.29) is 17.5 Å². The SMILES string of the molecule is Cc1cc(S(=O)(=O)N2CCOC(c3ccccc3)C2)ccc1F. The number of hydrogen-bond acceptors (Lipinski definition) is 3. The van der Waals surface area contributed by atoms with Gasteiger partial charge in [-0.15, -0.1) is 0 Å². The van der Waals surface area contributed by atoms with Crippen molar-refractivity contribution in [3.8, 4) is 0 Å². The van der Waals surface area contributed by atoms with Crippen molar-refractivity contribution in [2.45, 2.75) is 17.9 Å². The van der Waals surface area contributed by atoms with Crippen molar-refractivity contribution in [3.63, 3.8) is 0 Å². The lowest BCUT2D eigenvalue weighted by Gasteiger charge is -2.32. The summed E-state index contributed by atoms with van der Waals surface area (Å²) in [6.45, 7) is 2.43. The molecule has 0 radical (unpaired) electrons. The summed E-state index contributed by atoms with van der Waals surface area (Å²) in [5, 5.41) is 0. The second-order valence-electron chi connectivity index (χ2n) is 5.54. The van der Waals surface area contributed by atoms with Crippen molar-refractivity contribution in [1.82, 2.24) is 4.31 Å². The first-order valence-corrected chi connectivity index (χ1v) is 8.85. The molecule has 2 aromatic carbocycles. The molecule has 0 aliphatic carbocycles. The lowest BCUT2D eigenvalue weighted by atomic mass is 10.1. The van der Waals surface area contributed by atoms with E-state index >= 15 is 0 Å². The minimum Gasteiger partial charge on any atom is -0.371 e. The van der Waals surface area contributed by atoms with Gasteiger partial charge in [-0.2, -0.15) is 4.31 Å². The normalized spacial score (nSPS) is 19.7. The van der Waals surface area contributed by atoms with E-state index in [0.29, 0.717) is 18.7 Å². The van der Waals surface area contributed by atoms with Crippen LogP contribution in [0, 0.1) is 12.7 Å². The van der Waals surface area contributed by atoms with Gasteiger partial charge in [-0.1, -0.05) is 30.3 Å². The van der Waals surface area contributed by atoms with Crippen molar-refractivity contribution in [3.05, 3.63) is 65.5 Å². The summed E-state index contributed by atoms with van der Waals surface area (Å²) in [6.07, 6.45) is -0.290. The van der Waals surface area contributed by atoms with Gasteiger partial charge in [-0.3, -0.25) is 0 Å². The number of benzene rings is 2. The Morgan fingerprint density at radius 1 is 1.17 bits per heavy atom. The second-order valence-corrected chi connectivity index (χ2v) is 7.48. The van der Waals surface area contributed by atoms with Crippen LogP contribution in [0.5, 0.6) is 0 Å². The third-order valence-corrected chi connectivity index (χ3v) is 5.83. The highest BCUT2D eigenvalue weighted by Gasteiger charge is 2.31. The largest absolute Gasteiger partial charge is 0.371 e. The van der Waals surface area contributed by atoms with Gasteiger partial charge in [0, 0.05) is 13.1 Å². The average Bonchev–Trinajstić information content (AvgIpc) is 2.58. The summed E-state index contributed by atoms with van der Waals surface area (Å²) in [4.78, 5) is 0.116. The van der Waals surface area contributed by atoms with Crippen LogP contribution < -0.4 is 0 Å². The number of halogens is 1. The molecular formula is C17H18FNO3S. The van der Waals surface area contributed by atoms with Crippen molar-refractivity contribution in [2.24, 2.45) is 0 Å². The highest BCUT2D eigenvalue weighted by Crippen LogP contribution is 2.27. The van der Waals surface area contributed by atoms with Crippen LogP contribution in [0.25, 0.3) is 0 Å². The Labute approximate surface area is 135 Å². The summed E-state index contributed by atoms with van der Waals surface area (Å²) in [5.41, 5.74) is 1.27. The molecule has 1 aliphatic heterocycles. The first-order valence-electron chi connectivity index (χ1n) is 7.41. The predicted molar refractivity (Wildman–Crippen MR) is 85.0 cm³/mol. The van der Waals surface area contributed by atoms with E-state index in [1.54, 1.807) is 6.92 Å². The molecule has 0 bridgehead atoms. The van der Waals surface area contributed by atoms with Gasteiger partial charge in [0.15, 0.2) is 0 Å². The highest BCUT2D eigenvalue weighted by atomic mass is 32.2. The quantitative estimate of drug-likeness (QED) is 0.866. The molecule has 6 heteroatoms. The minimum absolute atomic E-state index is 0.116. The molecule has 122 valence electrons. The number of morpholine rings is 1. The molecule has 1 atom stereocenters. The zero-order valence-electron chi connectivity index (χ0n) is 12.8. The average molecular weight is 335 g/mol. The Kier molecular flexibility index (Phi) is 4.48. The van der Waals surface area contributed by atoms with Crippen LogP contribution in [-0.4, -0.2) is 32.4 Å². The maximum Gasteiger partial charge on any atom is 0.243 e. The standard InChI is InChI=1S/C17H18FNO3S/c1-13-11-15(7-8-16(13)18)23(20,21)19-9-10-22-17(12-19)14-5-3-2-4-6-14/h2-8,11,17H,9-10,12H2,1H3. The van der Waals surface area contributed by atoms with Gasteiger partial charge in [0.1, 0.15) is 5.82 Å². The van der Waals surface area contributed by atoms with Crippen LogP contribution in [0.3, 0.4) is 0 Å². The fraction of sp³-hybridized carbons (Fsp3) is 0.294. The van der Waals surface area contributed by atoms with Crippen molar-refractivity contribution < 1.29 is 17.5 Å². The van der Waals surface area contributed by atoms with Gasteiger partial charge in [-0.05, 0) is 36.2 Å². The first kappa shape index (κ1) is 16.1. The number of hydrogen-bond donors (Lipinski definition) is 0. The van der Waals surface area contributed by atoms with Crippen molar-refractivity contribution in [1.29, 1.82) is 0 Å². The smallest absolute Gasteiger partial charge is 0.243 e. The van der Waals surface area contributed by atoms with E-state index in [1.165, 1.54) is 22.5 Å². The molecule has 1 heterocycles. The van der Waals surface area contributed by atoms with Crippen molar-refractivity contribution >= 4 is 10.0 Å². The molecule has 0 N–H and O–H groups in total. The van der Waals surface area contributed by atoms with Gasteiger partial charge >= 0.3 is 0 Å². The third-order valence-electron chi connectivity index (χ3n) is 3.97. The van der Waals surface area contributed by atoms with E-state index in [1.807, 2.05) is 30.3 Å². The van der Waals surface area contributed by atoms with Crippen LogP contribution in [0.15, 0.2) is 53.4 Å². The molecule has 0 aromatic heterocycles. The number of rotatable bonds is 3. The molecule has 1 saturated heterocycles. The molecule has 0 spiro atoms. The van der Waals surface area contributed by atoms with Crippen LogP contribution >= 0.6 is 0 Å². The zero-order chi connectivity index (χ0) is 16.4. The summed E-state index contributed by atoms with van der Waals surface area (Å²) in [7, 11) is -3.66. The monoisotopic (exact) mass is 335 g/mol. The lowest BCUT2D eigenvalue weighted by Crippen LogP contribution is -2.42. The number of sulfonamides is 1. The van der Waals surface area contributed by atoms with E-state index < -0.39 is 15.8 Å². The topological polar surface area (TPSA) is 46.6 Å². The summed E-state index contributed by atoms with van der Waals surface area (Å²) >= 11 is 0. The fourth-order valence-corrected chi connectivity index (χ4v) is 4.15. The Balaban J connectivity index is 1.86. The Morgan fingerprint density at radius 3 is 2.61 bits per heavy atom. The van der Waals surface area contributed by atoms with E-state index in [4.69, 9.17) is 4.74 Å². The summed E-state index contributed by atoms with van der Waals surface area (Å²) in [6, 6.07) is 13.4. The van der Waals surface area contributed by atoms with E-state index in [0.717, 1.165) is 5.56 Å². The summed E-state index contributed by atoms with van der Waals surface area (Å²) < 4.78 is 46.0. The maximum absolute atomic E-state index is 13.4. The van der Waals surface area contributed by atoms with Crippen LogP contribution in [0.1, 0.15) is 17.2 Å². The molecule has 4 nitrogen and oxygen atoms in total. The summed E-state index contributed by atoms with van der Waals surface area (Å²) in [5.74, 6) is -0.409. The maximum atomic E-state index is 13.4. The van der Waals surface area contributed by atoms with Gasteiger partial charge in [-0.25, -0.2) is 12.8 Å². The third kappa shape index (κ3) is 3.29. The molecular weight excluding hydrogens is 317 g/mol. The molecule has 1 aliphatic rings. The molecule has 0 saturated carbocycles. The lowest BCUT2D eigenvalue weighted by molar-refractivity contribution is -0.00255. The molecule has 1 fully saturated rings. The Morgan fingerprint density at radius 2 is 1.91 bits per heavy atom.